The Morgan fingerprint density at radius 1 is 1.30 bits per heavy atom. The van der Waals surface area contributed by atoms with Crippen molar-refractivity contribution in [2.75, 3.05) is 7.11 Å². The second kappa shape index (κ2) is 7.73. The fourth-order valence-corrected chi connectivity index (χ4v) is 2.22. The van der Waals surface area contributed by atoms with E-state index in [0.29, 0.717) is 12.0 Å². The lowest BCUT2D eigenvalue weighted by Crippen LogP contribution is -2.42. The number of ether oxygens (including phenoxy) is 3. The van der Waals surface area contributed by atoms with Gasteiger partial charge in [-0.25, -0.2) is 4.79 Å². The van der Waals surface area contributed by atoms with Crippen molar-refractivity contribution in [3.05, 3.63) is 35.9 Å². The topological polar surface area (TPSA) is 90.9 Å². The van der Waals surface area contributed by atoms with Crippen LogP contribution < -0.4 is 5.32 Å². The van der Waals surface area contributed by atoms with Gasteiger partial charge in [-0.2, -0.15) is 0 Å². The number of esters is 3. The molecule has 2 rings (SSSR count). The lowest BCUT2D eigenvalue weighted by atomic mass is 10.2. The van der Waals surface area contributed by atoms with Gasteiger partial charge >= 0.3 is 17.9 Å². The van der Waals surface area contributed by atoms with E-state index >= 15 is 0 Å². The fourth-order valence-electron chi connectivity index (χ4n) is 2.22. The predicted octanol–water partition coefficient (Wildman–Crippen LogP) is 1.03. The molecular formula is C16H19NO6. The highest BCUT2D eigenvalue weighted by molar-refractivity contribution is 5.89. The number of nitrogens with one attached hydrogen (secondary N) is 1. The third kappa shape index (κ3) is 4.29. The number of carbonyl (C=O) groups excluding carboxylic acids is 3. The van der Waals surface area contributed by atoms with Crippen LogP contribution in [0.4, 0.5) is 0 Å². The minimum Gasteiger partial charge on any atom is -0.469 e. The Morgan fingerprint density at radius 3 is 2.61 bits per heavy atom. The summed E-state index contributed by atoms with van der Waals surface area (Å²) in [5.74, 6) is -1.57. The molecule has 1 aromatic carbocycles. The first kappa shape index (κ1) is 17.0. The molecule has 1 saturated heterocycles. The number of methoxy groups -OCH3 is 1. The third-order valence-electron chi connectivity index (χ3n) is 3.50. The van der Waals surface area contributed by atoms with Gasteiger partial charge in [-0.15, -0.1) is 0 Å². The van der Waals surface area contributed by atoms with Crippen molar-refractivity contribution >= 4 is 17.9 Å². The standard InChI is InChI=1S/C16H19NO6/c1-3-12(22-15(19)10-7-5-4-6-8-10)14-17-11(16(20)23-14)9-13(18)21-2/h4-8,11-12,14,17H,3,9H2,1-2H3/t11-,12-,14-/m0/s1. The lowest BCUT2D eigenvalue weighted by Gasteiger charge is -2.21. The van der Waals surface area contributed by atoms with Crippen molar-refractivity contribution in [3.63, 3.8) is 0 Å². The van der Waals surface area contributed by atoms with E-state index in [-0.39, 0.29) is 6.42 Å². The third-order valence-corrected chi connectivity index (χ3v) is 3.50. The van der Waals surface area contributed by atoms with Crippen LogP contribution in [0.1, 0.15) is 30.1 Å². The van der Waals surface area contributed by atoms with E-state index in [4.69, 9.17) is 9.47 Å². The molecule has 0 saturated carbocycles. The summed E-state index contributed by atoms with van der Waals surface area (Å²) in [6, 6.07) is 7.75. The number of hydrogen-bond donors (Lipinski definition) is 1. The van der Waals surface area contributed by atoms with E-state index in [0.717, 1.165) is 0 Å². The number of cyclic esters (lactones) is 1. The van der Waals surface area contributed by atoms with E-state index in [9.17, 15) is 14.4 Å². The average molecular weight is 321 g/mol. The summed E-state index contributed by atoms with van der Waals surface area (Å²) in [6.45, 7) is 1.81. The minimum absolute atomic E-state index is 0.130. The lowest BCUT2D eigenvalue weighted by molar-refractivity contribution is -0.149. The molecule has 0 bridgehead atoms. The van der Waals surface area contributed by atoms with Gasteiger partial charge in [0.15, 0.2) is 12.3 Å². The fraction of sp³-hybridized carbons (Fsp3) is 0.438. The summed E-state index contributed by atoms with van der Waals surface area (Å²) in [7, 11) is 1.25. The Labute approximate surface area is 133 Å². The highest BCUT2D eigenvalue weighted by atomic mass is 16.6. The maximum atomic E-state index is 12.1. The molecule has 1 N–H and O–H groups in total. The van der Waals surface area contributed by atoms with Gasteiger partial charge in [0.05, 0.1) is 19.1 Å². The van der Waals surface area contributed by atoms with Crippen LogP contribution in [0.5, 0.6) is 0 Å². The molecule has 0 aliphatic carbocycles. The zero-order valence-electron chi connectivity index (χ0n) is 13.0. The van der Waals surface area contributed by atoms with E-state index in [1.807, 2.05) is 6.92 Å². The molecule has 1 fully saturated rings. The maximum absolute atomic E-state index is 12.1. The average Bonchev–Trinajstić information content (AvgIpc) is 2.93. The van der Waals surface area contributed by atoms with Crippen molar-refractivity contribution in [1.29, 1.82) is 0 Å². The van der Waals surface area contributed by atoms with Crippen LogP contribution >= 0.6 is 0 Å². The van der Waals surface area contributed by atoms with E-state index in [1.165, 1.54) is 7.11 Å². The van der Waals surface area contributed by atoms with Crippen molar-refractivity contribution in [2.24, 2.45) is 0 Å². The van der Waals surface area contributed by atoms with E-state index < -0.39 is 36.3 Å². The normalized spacial score (nSPS) is 21.4. The molecule has 0 spiro atoms. The van der Waals surface area contributed by atoms with Gasteiger partial charge < -0.3 is 14.2 Å². The molecule has 1 aliphatic heterocycles. The first-order valence-electron chi connectivity index (χ1n) is 7.34. The highest BCUT2D eigenvalue weighted by Gasteiger charge is 2.40. The molecule has 124 valence electrons. The SMILES string of the molecule is CC[C@H](OC(=O)c1ccccc1)[C@H]1N[C@@H](CC(=O)OC)C(=O)O1. The van der Waals surface area contributed by atoms with Crippen LogP contribution in [0.3, 0.4) is 0 Å². The van der Waals surface area contributed by atoms with Gasteiger partial charge in [-0.1, -0.05) is 25.1 Å². The van der Waals surface area contributed by atoms with Crippen LogP contribution in [-0.2, 0) is 23.8 Å². The van der Waals surface area contributed by atoms with Gasteiger partial charge in [0.1, 0.15) is 6.04 Å². The monoisotopic (exact) mass is 321 g/mol. The number of hydrogen-bond acceptors (Lipinski definition) is 7. The zero-order chi connectivity index (χ0) is 16.8. The molecule has 7 nitrogen and oxygen atoms in total. The Hall–Kier alpha value is -2.41. The minimum atomic E-state index is -0.795. The summed E-state index contributed by atoms with van der Waals surface area (Å²) in [6.07, 6.45) is -1.10. The molecule has 0 radical (unpaired) electrons. The molecule has 0 aromatic heterocycles. The smallest absolute Gasteiger partial charge is 0.338 e. The first-order chi connectivity index (χ1) is 11.0. The summed E-state index contributed by atoms with van der Waals surface area (Å²) in [4.78, 5) is 35.1. The second-order valence-corrected chi connectivity index (χ2v) is 5.08. The van der Waals surface area contributed by atoms with Crippen molar-refractivity contribution in [3.8, 4) is 0 Å². The molecule has 1 heterocycles. The molecule has 1 aromatic rings. The number of rotatable bonds is 6. The highest BCUT2D eigenvalue weighted by Crippen LogP contribution is 2.17. The molecule has 1 aliphatic rings. The largest absolute Gasteiger partial charge is 0.469 e. The molecule has 0 unspecified atom stereocenters. The molecule has 0 amide bonds. The van der Waals surface area contributed by atoms with Gasteiger partial charge in [-0.05, 0) is 18.6 Å². The van der Waals surface area contributed by atoms with Gasteiger partial charge in [0, 0.05) is 0 Å². The summed E-state index contributed by atoms with van der Waals surface area (Å²) >= 11 is 0. The Bertz CT molecular complexity index is 573. The van der Waals surface area contributed by atoms with Crippen molar-refractivity contribution in [1.82, 2.24) is 5.32 Å². The second-order valence-electron chi connectivity index (χ2n) is 5.08. The van der Waals surface area contributed by atoms with E-state index in [2.05, 4.69) is 10.1 Å². The summed E-state index contributed by atoms with van der Waals surface area (Å²) < 4.78 is 15.1. The van der Waals surface area contributed by atoms with Gasteiger partial charge in [-0.3, -0.25) is 14.9 Å². The van der Waals surface area contributed by atoms with Crippen LogP contribution in [0.15, 0.2) is 30.3 Å². The number of carbonyl (C=O) groups is 3. The van der Waals surface area contributed by atoms with Crippen molar-refractivity contribution < 1.29 is 28.6 Å². The number of benzene rings is 1. The molecule has 23 heavy (non-hydrogen) atoms. The van der Waals surface area contributed by atoms with Gasteiger partial charge in [0.25, 0.3) is 0 Å². The Morgan fingerprint density at radius 2 is 2.00 bits per heavy atom. The predicted molar refractivity (Wildman–Crippen MR) is 79.4 cm³/mol. The maximum Gasteiger partial charge on any atom is 0.338 e. The molecule has 7 heteroatoms. The molecule has 3 atom stereocenters. The zero-order valence-corrected chi connectivity index (χ0v) is 13.0. The summed E-state index contributed by atoms with van der Waals surface area (Å²) in [5.41, 5.74) is 0.418. The summed E-state index contributed by atoms with van der Waals surface area (Å²) in [5, 5.41) is 2.86. The van der Waals surface area contributed by atoms with Crippen LogP contribution in [0.2, 0.25) is 0 Å². The Kier molecular flexibility index (Phi) is 5.70. The van der Waals surface area contributed by atoms with Crippen LogP contribution in [0.25, 0.3) is 0 Å². The quantitative estimate of drug-likeness (QED) is 0.618. The van der Waals surface area contributed by atoms with Crippen LogP contribution in [0, 0.1) is 0 Å². The van der Waals surface area contributed by atoms with Crippen molar-refractivity contribution in [2.45, 2.75) is 38.1 Å². The first-order valence-corrected chi connectivity index (χ1v) is 7.34. The van der Waals surface area contributed by atoms with Gasteiger partial charge in [0.2, 0.25) is 0 Å². The Balaban J connectivity index is 1.97. The molecular weight excluding hydrogens is 302 g/mol. The van der Waals surface area contributed by atoms with E-state index in [1.54, 1.807) is 30.3 Å². The van der Waals surface area contributed by atoms with Crippen LogP contribution in [-0.4, -0.2) is 43.4 Å².